The average molecular weight is 616 g/mol. The molecule has 2 amide bonds. The van der Waals surface area contributed by atoms with Crippen LogP contribution in [0.25, 0.3) is 0 Å². The van der Waals surface area contributed by atoms with Crippen LogP contribution in [0.5, 0.6) is 11.5 Å². The van der Waals surface area contributed by atoms with E-state index in [1.807, 2.05) is 45.0 Å². The number of benzene rings is 3. The number of methoxy groups -OCH3 is 2. The van der Waals surface area contributed by atoms with Crippen LogP contribution in [0, 0.1) is 6.92 Å². The number of hydrogen-bond donors (Lipinski definition) is 1. The minimum atomic E-state index is -4.29. The maximum absolute atomic E-state index is 14.1. The summed E-state index contributed by atoms with van der Waals surface area (Å²) in [7, 11) is -1.43. The molecule has 1 N–H and O–H groups in total. The molecule has 0 bridgehead atoms. The zero-order valence-corrected chi connectivity index (χ0v) is 26.2. The number of ether oxygens (including phenoxy) is 2. The number of hydrogen-bond acceptors (Lipinski definition) is 6. The monoisotopic (exact) mass is 615 g/mol. The van der Waals surface area contributed by atoms with Crippen LogP contribution in [0.4, 0.5) is 5.69 Å². The Balaban J connectivity index is 2.09. The van der Waals surface area contributed by atoms with Gasteiger partial charge >= 0.3 is 0 Å². The second kappa shape index (κ2) is 14.9. The van der Waals surface area contributed by atoms with Gasteiger partial charge in [-0.1, -0.05) is 55.3 Å². The second-order valence-corrected chi connectivity index (χ2v) is 12.0. The van der Waals surface area contributed by atoms with Crippen molar-refractivity contribution in [2.24, 2.45) is 0 Å². The Kier molecular flexibility index (Phi) is 11.6. The number of carbonyl (C=O) groups is 2. The molecule has 3 rings (SSSR count). The van der Waals surface area contributed by atoms with E-state index in [2.05, 4.69) is 5.32 Å². The third-order valence-electron chi connectivity index (χ3n) is 6.71. The van der Waals surface area contributed by atoms with Gasteiger partial charge in [-0.05, 0) is 61.7 Å². The summed E-state index contributed by atoms with van der Waals surface area (Å²) in [6.07, 6.45) is 1.08. The van der Waals surface area contributed by atoms with E-state index in [1.54, 1.807) is 12.1 Å². The molecule has 0 aromatic heterocycles. The number of rotatable bonds is 14. The molecule has 3 aromatic carbocycles. The highest BCUT2D eigenvalue weighted by Gasteiger charge is 2.34. The fourth-order valence-electron chi connectivity index (χ4n) is 4.53. The van der Waals surface area contributed by atoms with Gasteiger partial charge in [-0.15, -0.1) is 0 Å². The van der Waals surface area contributed by atoms with E-state index >= 15 is 0 Å². The van der Waals surface area contributed by atoms with Crippen molar-refractivity contribution in [2.75, 3.05) is 31.6 Å². The number of aryl methyl sites for hydroxylation is 1. The number of nitrogens with zero attached hydrogens (tertiary/aromatic N) is 2. The van der Waals surface area contributed by atoms with E-state index < -0.39 is 28.5 Å². The Morgan fingerprint density at radius 2 is 1.64 bits per heavy atom. The topological polar surface area (TPSA) is 105 Å². The first-order valence-electron chi connectivity index (χ1n) is 13.7. The minimum absolute atomic E-state index is 0.0964. The maximum atomic E-state index is 14.1. The number of amides is 2. The van der Waals surface area contributed by atoms with Gasteiger partial charge in [0.15, 0.2) is 11.5 Å². The van der Waals surface area contributed by atoms with E-state index in [4.69, 9.17) is 21.1 Å². The fraction of sp³-hybridized carbons (Fsp3) is 0.355. The summed E-state index contributed by atoms with van der Waals surface area (Å²) in [5.41, 5.74) is 2.06. The Morgan fingerprint density at radius 3 is 2.24 bits per heavy atom. The summed E-state index contributed by atoms with van der Waals surface area (Å²) in [6, 6.07) is 17.2. The van der Waals surface area contributed by atoms with Crippen molar-refractivity contribution in [2.45, 2.75) is 51.1 Å². The van der Waals surface area contributed by atoms with Crippen LogP contribution in [0.1, 0.15) is 37.8 Å². The smallest absolute Gasteiger partial charge is 0.264 e. The summed E-state index contributed by atoms with van der Waals surface area (Å²) in [5.74, 6) is -0.241. The molecule has 0 aliphatic carbocycles. The summed E-state index contributed by atoms with van der Waals surface area (Å²) in [4.78, 5) is 28.7. The molecule has 11 heteroatoms. The largest absolute Gasteiger partial charge is 0.493 e. The van der Waals surface area contributed by atoms with Crippen LogP contribution in [0.3, 0.4) is 0 Å². The van der Waals surface area contributed by atoms with Crippen molar-refractivity contribution in [1.29, 1.82) is 0 Å². The first-order chi connectivity index (χ1) is 20.0. The van der Waals surface area contributed by atoms with Gasteiger partial charge < -0.3 is 19.7 Å². The Morgan fingerprint density at radius 1 is 0.952 bits per heavy atom. The first-order valence-corrected chi connectivity index (χ1v) is 15.5. The van der Waals surface area contributed by atoms with Crippen molar-refractivity contribution in [1.82, 2.24) is 10.2 Å². The standard InChI is InChI=1S/C31H38ClN3O6S/c1-6-17-33-31(37)27(7-2)34(20-23-10-8-9-22(3)18-23)30(36)21-35(25-13-11-24(32)12-14-25)42(38,39)26-15-16-28(40-4)29(19-26)41-5/h8-16,18-19,27H,6-7,17,20-21H2,1-5H3,(H,33,37). The van der Waals surface area contributed by atoms with Crippen LogP contribution < -0.4 is 19.1 Å². The predicted molar refractivity (Wildman–Crippen MR) is 165 cm³/mol. The van der Waals surface area contributed by atoms with E-state index in [0.29, 0.717) is 23.7 Å². The van der Waals surface area contributed by atoms with Crippen molar-refractivity contribution < 1.29 is 27.5 Å². The molecule has 0 saturated heterocycles. The first kappa shape index (κ1) is 32.8. The fourth-order valence-corrected chi connectivity index (χ4v) is 6.09. The molecule has 0 fully saturated rings. The quantitative estimate of drug-likeness (QED) is 0.267. The number of nitrogens with one attached hydrogen (secondary N) is 1. The zero-order valence-electron chi connectivity index (χ0n) is 24.6. The van der Waals surface area contributed by atoms with Crippen molar-refractivity contribution in [3.8, 4) is 11.5 Å². The Bertz CT molecular complexity index is 1480. The van der Waals surface area contributed by atoms with Gasteiger partial charge in [0.25, 0.3) is 10.0 Å². The number of anilines is 1. The lowest BCUT2D eigenvalue weighted by molar-refractivity contribution is -0.140. The van der Waals surface area contributed by atoms with E-state index in [-0.39, 0.29) is 28.8 Å². The predicted octanol–water partition coefficient (Wildman–Crippen LogP) is 5.19. The molecular weight excluding hydrogens is 578 g/mol. The molecule has 0 heterocycles. The molecular formula is C31H38ClN3O6S. The summed E-state index contributed by atoms with van der Waals surface area (Å²) in [5, 5.41) is 3.29. The number of carbonyl (C=O) groups excluding carboxylic acids is 2. The number of sulfonamides is 1. The molecule has 3 aromatic rings. The molecule has 9 nitrogen and oxygen atoms in total. The lowest BCUT2D eigenvalue weighted by atomic mass is 10.1. The highest BCUT2D eigenvalue weighted by atomic mass is 35.5. The molecule has 0 aliphatic heterocycles. The van der Waals surface area contributed by atoms with Crippen molar-refractivity contribution in [3.63, 3.8) is 0 Å². The van der Waals surface area contributed by atoms with Gasteiger partial charge in [0.05, 0.1) is 24.8 Å². The average Bonchev–Trinajstić information content (AvgIpc) is 2.98. The van der Waals surface area contributed by atoms with Crippen molar-refractivity contribution in [3.05, 3.63) is 82.9 Å². The van der Waals surface area contributed by atoms with E-state index in [1.165, 1.54) is 49.5 Å². The van der Waals surface area contributed by atoms with E-state index in [9.17, 15) is 18.0 Å². The Hall–Kier alpha value is -3.76. The molecule has 42 heavy (non-hydrogen) atoms. The van der Waals surface area contributed by atoms with Gasteiger partial charge in [0.2, 0.25) is 11.8 Å². The minimum Gasteiger partial charge on any atom is -0.493 e. The SMILES string of the molecule is CCCNC(=O)C(CC)N(Cc1cccc(C)c1)C(=O)CN(c1ccc(Cl)cc1)S(=O)(=O)c1ccc(OC)c(OC)c1. The van der Waals surface area contributed by atoms with Gasteiger partial charge in [0, 0.05) is 24.2 Å². The molecule has 1 atom stereocenters. The maximum Gasteiger partial charge on any atom is 0.264 e. The van der Waals surface area contributed by atoms with Gasteiger partial charge in [-0.3, -0.25) is 13.9 Å². The molecule has 0 aliphatic rings. The molecule has 0 spiro atoms. The molecule has 226 valence electrons. The molecule has 0 saturated carbocycles. The number of halogens is 1. The van der Waals surface area contributed by atoms with Crippen LogP contribution in [0.2, 0.25) is 5.02 Å². The van der Waals surface area contributed by atoms with Gasteiger partial charge in [0.1, 0.15) is 12.6 Å². The van der Waals surface area contributed by atoms with Crippen LogP contribution >= 0.6 is 11.6 Å². The van der Waals surface area contributed by atoms with Gasteiger partial charge in [-0.25, -0.2) is 8.42 Å². The summed E-state index contributed by atoms with van der Waals surface area (Å²) < 4.78 is 39.8. The highest BCUT2D eigenvalue weighted by Crippen LogP contribution is 2.32. The van der Waals surface area contributed by atoms with Crippen LogP contribution in [0.15, 0.2) is 71.6 Å². The van der Waals surface area contributed by atoms with Crippen LogP contribution in [-0.2, 0) is 26.2 Å². The highest BCUT2D eigenvalue weighted by molar-refractivity contribution is 7.92. The normalized spacial score (nSPS) is 11.9. The second-order valence-electron chi connectivity index (χ2n) is 9.73. The zero-order chi connectivity index (χ0) is 30.9. The molecule has 0 radical (unpaired) electrons. The third kappa shape index (κ3) is 7.95. The summed E-state index contributed by atoms with van der Waals surface area (Å²) in [6.45, 7) is 5.75. The Labute approximate surface area is 253 Å². The van der Waals surface area contributed by atoms with E-state index in [0.717, 1.165) is 21.9 Å². The lowest BCUT2D eigenvalue weighted by Gasteiger charge is -2.33. The van der Waals surface area contributed by atoms with Gasteiger partial charge in [-0.2, -0.15) is 0 Å². The summed E-state index contributed by atoms with van der Waals surface area (Å²) >= 11 is 6.10. The van der Waals surface area contributed by atoms with Crippen molar-refractivity contribution >= 4 is 39.1 Å². The molecule has 1 unspecified atom stereocenters. The lowest BCUT2D eigenvalue weighted by Crippen LogP contribution is -2.52. The van der Waals surface area contributed by atoms with Crippen LogP contribution in [-0.4, -0.2) is 58.5 Å². The third-order valence-corrected chi connectivity index (χ3v) is 8.73.